The van der Waals surface area contributed by atoms with Gasteiger partial charge in [-0.3, -0.25) is 10.2 Å². The van der Waals surface area contributed by atoms with Gasteiger partial charge >= 0.3 is 0 Å². The van der Waals surface area contributed by atoms with Crippen LogP contribution in [-0.2, 0) is 11.2 Å². The molecular weight excluding hydrogens is 568 g/mol. The Labute approximate surface area is 235 Å². The molecular formula is C28H31BrN4O4S. The van der Waals surface area contributed by atoms with Crippen LogP contribution >= 0.6 is 27.7 Å². The van der Waals surface area contributed by atoms with E-state index in [1.54, 1.807) is 12.1 Å². The molecule has 8 nitrogen and oxygen atoms in total. The Balaban J connectivity index is 1.50. The molecule has 2 heterocycles. The van der Waals surface area contributed by atoms with Crippen LogP contribution in [0.15, 0.2) is 50.5 Å². The predicted octanol–water partition coefficient (Wildman–Crippen LogP) is 6.45. The number of hydrogen-bond donors (Lipinski definition) is 1. The quantitative estimate of drug-likeness (QED) is 0.249. The van der Waals surface area contributed by atoms with Crippen LogP contribution in [0.4, 0.5) is 0 Å². The molecule has 1 amide bonds. The van der Waals surface area contributed by atoms with Gasteiger partial charge in [0, 0.05) is 5.92 Å². The van der Waals surface area contributed by atoms with Gasteiger partial charge in [0.05, 0.1) is 16.7 Å². The lowest BCUT2D eigenvalue weighted by Gasteiger charge is -2.20. The highest BCUT2D eigenvalue weighted by Crippen LogP contribution is 2.38. The molecule has 0 saturated heterocycles. The normalized spacial score (nSPS) is 16.1. The highest BCUT2D eigenvalue weighted by molar-refractivity contribution is 9.10. The van der Waals surface area contributed by atoms with Gasteiger partial charge in [0.1, 0.15) is 24.0 Å². The van der Waals surface area contributed by atoms with E-state index in [-0.39, 0.29) is 17.3 Å². The van der Waals surface area contributed by atoms with Crippen molar-refractivity contribution >= 4 is 55.7 Å². The maximum Gasteiger partial charge on any atom is 0.283 e. The van der Waals surface area contributed by atoms with E-state index in [0.717, 1.165) is 22.8 Å². The summed E-state index contributed by atoms with van der Waals surface area (Å²) in [5, 5.41) is 15.7. The van der Waals surface area contributed by atoms with Gasteiger partial charge in [-0.05, 0) is 95.0 Å². The van der Waals surface area contributed by atoms with Crippen molar-refractivity contribution in [3.05, 3.63) is 57.1 Å². The predicted molar refractivity (Wildman–Crippen MR) is 157 cm³/mol. The van der Waals surface area contributed by atoms with Crippen molar-refractivity contribution in [1.82, 2.24) is 5.01 Å². The molecule has 0 unspecified atom stereocenters. The van der Waals surface area contributed by atoms with Crippen molar-refractivity contribution in [3.8, 4) is 17.2 Å². The van der Waals surface area contributed by atoms with Gasteiger partial charge < -0.3 is 14.2 Å². The van der Waals surface area contributed by atoms with Gasteiger partial charge in [-0.2, -0.15) is 15.1 Å². The highest BCUT2D eigenvalue weighted by atomic mass is 79.9. The standard InChI is InChI=1S/C28H31BrN4O4S/c1-6-18-10-17(5)11-20(12-18)36-8-9-37-24-22(29)14-19(15-23(24)35-7-2)13-21-25(30)33-28(31-26(21)34)38-27(32-33)16(3)4/h10-16,30H,6-9H2,1-5H3/b21-13-,30-25?. The van der Waals surface area contributed by atoms with Gasteiger partial charge in [-0.1, -0.05) is 26.8 Å². The molecule has 2 aliphatic rings. The smallest absolute Gasteiger partial charge is 0.283 e. The fourth-order valence-electron chi connectivity index (χ4n) is 3.90. The van der Waals surface area contributed by atoms with Crippen molar-refractivity contribution in [2.45, 2.75) is 41.0 Å². The maximum atomic E-state index is 12.8. The zero-order valence-corrected chi connectivity index (χ0v) is 24.5. The molecule has 200 valence electrons. The third-order valence-corrected chi connectivity index (χ3v) is 7.52. The van der Waals surface area contributed by atoms with Crippen LogP contribution in [0.5, 0.6) is 17.2 Å². The van der Waals surface area contributed by atoms with Gasteiger partial charge in [0.2, 0.25) is 5.17 Å². The third-order valence-electron chi connectivity index (χ3n) is 5.72. The zero-order chi connectivity index (χ0) is 27.4. The number of halogens is 1. The fraction of sp³-hybridized carbons (Fsp3) is 0.357. The first-order chi connectivity index (χ1) is 18.2. The van der Waals surface area contributed by atoms with Gasteiger partial charge in [0.25, 0.3) is 5.91 Å². The summed E-state index contributed by atoms with van der Waals surface area (Å²) < 4.78 is 18.5. The van der Waals surface area contributed by atoms with Gasteiger partial charge in [0.15, 0.2) is 17.3 Å². The van der Waals surface area contributed by atoms with Gasteiger partial charge in [-0.15, -0.1) is 0 Å². The first-order valence-corrected chi connectivity index (χ1v) is 14.1. The Morgan fingerprint density at radius 1 is 1.11 bits per heavy atom. The van der Waals surface area contributed by atoms with Crippen molar-refractivity contribution in [2.24, 2.45) is 16.0 Å². The summed E-state index contributed by atoms with van der Waals surface area (Å²) in [7, 11) is 0. The number of fused-ring (bicyclic) bond motifs is 1. The number of thioether (sulfide) groups is 1. The molecule has 1 N–H and O–H groups in total. The number of hydrazone groups is 1. The van der Waals surface area contributed by atoms with E-state index in [0.29, 0.717) is 46.5 Å². The van der Waals surface area contributed by atoms with Crippen molar-refractivity contribution in [2.75, 3.05) is 19.8 Å². The summed E-state index contributed by atoms with van der Waals surface area (Å²) >= 11 is 4.91. The molecule has 0 radical (unpaired) electrons. The van der Waals surface area contributed by atoms with Crippen LogP contribution in [0, 0.1) is 18.3 Å². The topological polar surface area (TPSA) is 96.6 Å². The van der Waals surface area contributed by atoms with E-state index in [1.165, 1.54) is 22.3 Å². The molecule has 0 fully saturated rings. The first kappa shape index (κ1) is 27.9. The average molecular weight is 600 g/mol. The number of hydrogen-bond acceptors (Lipinski definition) is 7. The minimum Gasteiger partial charge on any atom is -0.490 e. The lowest BCUT2D eigenvalue weighted by molar-refractivity contribution is -0.114. The number of benzene rings is 2. The van der Waals surface area contributed by atoms with Crippen molar-refractivity contribution < 1.29 is 19.0 Å². The van der Waals surface area contributed by atoms with Gasteiger partial charge in [-0.25, -0.2) is 0 Å². The molecule has 2 aromatic rings. The Morgan fingerprint density at radius 2 is 1.87 bits per heavy atom. The second-order valence-electron chi connectivity index (χ2n) is 9.08. The summed E-state index contributed by atoms with van der Waals surface area (Å²) in [4.78, 5) is 16.9. The molecule has 0 bridgehead atoms. The number of amidine groups is 2. The fourth-order valence-corrected chi connectivity index (χ4v) is 5.36. The van der Waals surface area contributed by atoms with Crippen LogP contribution in [0.3, 0.4) is 0 Å². The number of ether oxygens (including phenoxy) is 3. The lowest BCUT2D eigenvalue weighted by Crippen LogP contribution is -2.35. The summed E-state index contributed by atoms with van der Waals surface area (Å²) in [5.41, 5.74) is 3.22. The molecule has 4 rings (SSSR count). The van der Waals surface area contributed by atoms with Crippen LogP contribution in [-0.4, -0.2) is 46.8 Å². The van der Waals surface area contributed by atoms with Crippen LogP contribution in [0.1, 0.15) is 44.4 Å². The third kappa shape index (κ3) is 6.30. The number of aryl methyl sites for hydroxylation is 2. The summed E-state index contributed by atoms with van der Waals surface area (Å²) in [6.45, 7) is 11.2. The minimum absolute atomic E-state index is 0.00270. The number of nitrogens with zero attached hydrogens (tertiary/aromatic N) is 3. The largest absolute Gasteiger partial charge is 0.490 e. The Hall–Kier alpha value is -3.11. The number of carbonyl (C=O) groups excluding carboxylic acids is 1. The van der Waals surface area contributed by atoms with E-state index in [1.807, 2.05) is 39.0 Å². The van der Waals surface area contributed by atoms with E-state index >= 15 is 0 Å². The molecule has 0 spiro atoms. The Morgan fingerprint density at radius 3 is 2.58 bits per heavy atom. The van der Waals surface area contributed by atoms with Crippen LogP contribution in [0.2, 0.25) is 0 Å². The zero-order valence-electron chi connectivity index (χ0n) is 22.1. The van der Waals surface area contributed by atoms with E-state index in [4.69, 9.17) is 19.6 Å². The number of carbonyl (C=O) groups is 1. The summed E-state index contributed by atoms with van der Waals surface area (Å²) in [6.07, 6.45) is 2.57. The van der Waals surface area contributed by atoms with E-state index < -0.39 is 5.91 Å². The molecule has 0 atom stereocenters. The lowest BCUT2D eigenvalue weighted by atomic mass is 10.1. The van der Waals surface area contributed by atoms with E-state index in [2.05, 4.69) is 45.9 Å². The number of aliphatic imine (C=N–C) groups is 1. The van der Waals surface area contributed by atoms with Crippen LogP contribution < -0.4 is 14.2 Å². The molecule has 2 aliphatic heterocycles. The first-order valence-electron chi connectivity index (χ1n) is 12.5. The SMILES string of the molecule is CCOc1cc(/C=C2/C(=N)N3N=C(C(C)C)SC3=NC2=O)cc(Br)c1OCCOc1cc(C)cc(CC)c1. The monoisotopic (exact) mass is 598 g/mol. The second kappa shape index (κ2) is 12.2. The number of rotatable bonds is 10. The molecule has 0 saturated carbocycles. The number of nitrogens with one attached hydrogen (secondary N) is 1. The van der Waals surface area contributed by atoms with Crippen LogP contribution in [0.25, 0.3) is 6.08 Å². The highest BCUT2D eigenvalue weighted by Gasteiger charge is 2.36. The molecule has 0 aliphatic carbocycles. The molecule has 10 heteroatoms. The maximum absolute atomic E-state index is 12.8. The molecule has 38 heavy (non-hydrogen) atoms. The summed E-state index contributed by atoms with van der Waals surface area (Å²) in [5.74, 6) is 1.59. The Kier molecular flexibility index (Phi) is 8.94. The summed E-state index contributed by atoms with van der Waals surface area (Å²) in [6, 6.07) is 9.81. The van der Waals surface area contributed by atoms with E-state index in [9.17, 15) is 4.79 Å². The second-order valence-corrected chi connectivity index (χ2v) is 10.9. The Bertz CT molecular complexity index is 1350. The number of amides is 1. The minimum atomic E-state index is -0.470. The van der Waals surface area contributed by atoms with Crippen molar-refractivity contribution in [3.63, 3.8) is 0 Å². The molecule has 0 aromatic heterocycles. The molecule has 2 aromatic carbocycles. The average Bonchev–Trinajstić information content (AvgIpc) is 3.30. The van der Waals surface area contributed by atoms with Crippen molar-refractivity contribution in [1.29, 1.82) is 5.41 Å².